The van der Waals surface area contributed by atoms with E-state index in [4.69, 9.17) is 4.74 Å². The third-order valence-corrected chi connectivity index (χ3v) is 2.52. The van der Waals surface area contributed by atoms with Crippen LogP contribution >= 0.6 is 0 Å². The van der Waals surface area contributed by atoms with Gasteiger partial charge in [-0.3, -0.25) is 0 Å². The van der Waals surface area contributed by atoms with E-state index in [9.17, 15) is 0 Å². The van der Waals surface area contributed by atoms with Gasteiger partial charge in [0, 0.05) is 6.20 Å². The quantitative estimate of drug-likeness (QED) is 0.668. The van der Waals surface area contributed by atoms with Crippen LogP contribution in [-0.4, -0.2) is 27.1 Å². The zero-order valence-electron chi connectivity index (χ0n) is 9.24. The second-order valence-electron chi connectivity index (χ2n) is 3.52. The number of methoxy groups -OCH3 is 1. The van der Waals surface area contributed by atoms with Crippen molar-refractivity contribution in [2.45, 2.75) is 0 Å². The average Bonchev–Trinajstić information content (AvgIpc) is 2.82. The molecule has 0 aliphatic carbocycles. The molecule has 0 radical (unpaired) electrons. The maximum atomic E-state index is 5.30. The lowest BCUT2D eigenvalue weighted by Gasteiger charge is -2.07. The molecular formula is C12H10N4O. The summed E-state index contributed by atoms with van der Waals surface area (Å²) in [5.74, 6) is 0.741. The zero-order valence-corrected chi connectivity index (χ0v) is 9.24. The largest absolute Gasteiger partial charge is 0.494 e. The first-order valence-corrected chi connectivity index (χ1v) is 5.20. The third-order valence-electron chi connectivity index (χ3n) is 2.52. The molecule has 0 fully saturated rings. The maximum absolute atomic E-state index is 5.30. The van der Waals surface area contributed by atoms with Crippen LogP contribution in [0.25, 0.3) is 16.9 Å². The van der Waals surface area contributed by atoms with E-state index in [-0.39, 0.29) is 0 Å². The molecule has 0 saturated heterocycles. The molecule has 0 aliphatic rings. The molecule has 2 heterocycles. The van der Waals surface area contributed by atoms with Crippen LogP contribution in [0.1, 0.15) is 0 Å². The highest BCUT2D eigenvalue weighted by atomic mass is 16.5. The fourth-order valence-corrected chi connectivity index (χ4v) is 1.73. The Labute approximate surface area is 97.7 Å². The smallest absolute Gasteiger partial charge is 0.183 e. The van der Waals surface area contributed by atoms with Gasteiger partial charge in [-0.15, -0.1) is 5.10 Å². The van der Waals surface area contributed by atoms with Gasteiger partial charge in [-0.25, -0.2) is 4.98 Å². The van der Waals surface area contributed by atoms with Crippen LogP contribution in [0.2, 0.25) is 0 Å². The van der Waals surface area contributed by atoms with Crippen LogP contribution in [0.3, 0.4) is 0 Å². The number of pyridine rings is 1. The van der Waals surface area contributed by atoms with Crippen LogP contribution in [0.4, 0.5) is 0 Å². The van der Waals surface area contributed by atoms with Crippen molar-refractivity contribution in [3.05, 3.63) is 42.6 Å². The van der Waals surface area contributed by atoms with Gasteiger partial charge in [-0.1, -0.05) is 17.3 Å². The van der Waals surface area contributed by atoms with E-state index in [2.05, 4.69) is 15.3 Å². The van der Waals surface area contributed by atoms with Gasteiger partial charge in [0.1, 0.15) is 17.0 Å². The van der Waals surface area contributed by atoms with Crippen LogP contribution in [0, 0.1) is 0 Å². The number of aromatic nitrogens is 4. The van der Waals surface area contributed by atoms with Gasteiger partial charge in [0.15, 0.2) is 5.65 Å². The number of ether oxygens (including phenoxy) is 1. The second-order valence-corrected chi connectivity index (χ2v) is 3.52. The van der Waals surface area contributed by atoms with Gasteiger partial charge in [-0.2, -0.15) is 4.68 Å². The van der Waals surface area contributed by atoms with Crippen molar-refractivity contribution in [2.24, 2.45) is 0 Å². The van der Waals surface area contributed by atoms with Crippen molar-refractivity contribution >= 4 is 11.2 Å². The minimum Gasteiger partial charge on any atom is -0.494 e. The molecule has 3 aromatic rings. The average molecular weight is 226 g/mol. The molecule has 84 valence electrons. The maximum Gasteiger partial charge on any atom is 0.183 e. The first-order chi connectivity index (χ1) is 8.40. The van der Waals surface area contributed by atoms with E-state index in [0.29, 0.717) is 0 Å². The van der Waals surface area contributed by atoms with E-state index in [0.717, 1.165) is 22.6 Å². The van der Waals surface area contributed by atoms with Crippen molar-refractivity contribution in [1.82, 2.24) is 20.0 Å². The minimum absolute atomic E-state index is 0.719. The Hall–Kier alpha value is -2.43. The first kappa shape index (κ1) is 9.77. The lowest BCUT2D eigenvalue weighted by molar-refractivity contribution is 0.411. The molecule has 17 heavy (non-hydrogen) atoms. The van der Waals surface area contributed by atoms with Gasteiger partial charge in [0.2, 0.25) is 0 Å². The van der Waals surface area contributed by atoms with Crippen LogP contribution in [0.15, 0.2) is 42.6 Å². The SMILES string of the molecule is COc1ccccc1-n1nnc2cccnc21. The van der Waals surface area contributed by atoms with E-state index in [1.165, 1.54) is 0 Å². The molecule has 2 aromatic heterocycles. The number of hydrogen-bond acceptors (Lipinski definition) is 4. The molecular weight excluding hydrogens is 216 g/mol. The molecule has 0 saturated carbocycles. The van der Waals surface area contributed by atoms with Gasteiger partial charge in [0.05, 0.1) is 7.11 Å². The van der Waals surface area contributed by atoms with Gasteiger partial charge in [0.25, 0.3) is 0 Å². The van der Waals surface area contributed by atoms with E-state index >= 15 is 0 Å². The highest BCUT2D eigenvalue weighted by Gasteiger charge is 2.10. The normalized spacial score (nSPS) is 10.6. The van der Waals surface area contributed by atoms with E-state index < -0.39 is 0 Å². The summed E-state index contributed by atoms with van der Waals surface area (Å²) in [5.41, 5.74) is 2.31. The molecule has 3 rings (SSSR count). The standard InChI is InChI=1S/C12H10N4O/c1-17-11-7-3-2-6-10(11)16-12-9(14-15-16)5-4-8-13-12/h2-8H,1H3. The lowest BCUT2D eigenvalue weighted by atomic mass is 10.3. The summed E-state index contributed by atoms with van der Waals surface area (Å²) in [4.78, 5) is 4.28. The van der Waals surface area contributed by atoms with Crippen molar-refractivity contribution in [1.29, 1.82) is 0 Å². The Morgan fingerprint density at radius 3 is 2.88 bits per heavy atom. The molecule has 0 N–H and O–H groups in total. The molecule has 0 atom stereocenters. The minimum atomic E-state index is 0.719. The predicted octanol–water partition coefficient (Wildman–Crippen LogP) is 1.82. The monoisotopic (exact) mass is 226 g/mol. The topological polar surface area (TPSA) is 52.8 Å². The number of rotatable bonds is 2. The summed E-state index contributed by atoms with van der Waals surface area (Å²) in [7, 11) is 1.63. The van der Waals surface area contributed by atoms with Crippen molar-refractivity contribution in [2.75, 3.05) is 7.11 Å². The summed E-state index contributed by atoms with van der Waals surface area (Å²) >= 11 is 0. The summed E-state index contributed by atoms with van der Waals surface area (Å²) in [6.07, 6.45) is 1.72. The molecule has 5 nitrogen and oxygen atoms in total. The lowest BCUT2D eigenvalue weighted by Crippen LogP contribution is -2.00. The molecule has 0 amide bonds. The van der Waals surface area contributed by atoms with Crippen LogP contribution in [-0.2, 0) is 0 Å². The summed E-state index contributed by atoms with van der Waals surface area (Å²) < 4.78 is 6.98. The molecule has 0 spiro atoms. The molecule has 0 bridgehead atoms. The zero-order chi connectivity index (χ0) is 11.7. The highest BCUT2D eigenvalue weighted by molar-refractivity contribution is 5.72. The fraction of sp³-hybridized carbons (Fsp3) is 0.0833. The first-order valence-electron chi connectivity index (χ1n) is 5.20. The Morgan fingerprint density at radius 2 is 2.00 bits per heavy atom. The number of hydrogen-bond donors (Lipinski definition) is 0. The Kier molecular flexibility index (Phi) is 2.22. The highest BCUT2D eigenvalue weighted by Crippen LogP contribution is 2.23. The number of nitrogens with zero attached hydrogens (tertiary/aromatic N) is 4. The summed E-state index contributed by atoms with van der Waals surface area (Å²) in [6, 6.07) is 11.3. The number of fused-ring (bicyclic) bond motifs is 1. The van der Waals surface area contributed by atoms with E-state index in [1.54, 1.807) is 18.0 Å². The number of para-hydroxylation sites is 2. The molecule has 5 heteroatoms. The number of benzene rings is 1. The van der Waals surface area contributed by atoms with Gasteiger partial charge in [-0.05, 0) is 24.3 Å². The van der Waals surface area contributed by atoms with Gasteiger partial charge < -0.3 is 4.74 Å². The fourth-order valence-electron chi connectivity index (χ4n) is 1.73. The Bertz CT molecular complexity index is 662. The van der Waals surface area contributed by atoms with E-state index in [1.807, 2.05) is 36.4 Å². The third kappa shape index (κ3) is 1.52. The van der Waals surface area contributed by atoms with Gasteiger partial charge >= 0.3 is 0 Å². The van der Waals surface area contributed by atoms with Crippen LogP contribution in [0.5, 0.6) is 5.75 Å². The Morgan fingerprint density at radius 1 is 1.12 bits per heavy atom. The Balaban J connectivity index is 2.27. The van der Waals surface area contributed by atoms with Crippen molar-refractivity contribution < 1.29 is 4.74 Å². The molecule has 1 aromatic carbocycles. The van der Waals surface area contributed by atoms with Crippen molar-refractivity contribution in [3.8, 4) is 11.4 Å². The van der Waals surface area contributed by atoms with Crippen molar-refractivity contribution in [3.63, 3.8) is 0 Å². The summed E-state index contributed by atoms with van der Waals surface area (Å²) in [5, 5.41) is 8.16. The molecule has 0 aliphatic heterocycles. The molecule has 0 unspecified atom stereocenters. The van der Waals surface area contributed by atoms with Crippen LogP contribution < -0.4 is 4.74 Å². The predicted molar refractivity (Wildman–Crippen MR) is 63.2 cm³/mol. The second kappa shape index (κ2) is 3.86. The summed E-state index contributed by atoms with van der Waals surface area (Å²) in [6.45, 7) is 0.